The Balaban J connectivity index is 2.16. The van der Waals surface area contributed by atoms with Crippen molar-refractivity contribution in [3.05, 3.63) is 59.1 Å². The molecule has 0 aromatic heterocycles. The predicted octanol–water partition coefficient (Wildman–Crippen LogP) is 3.70. The molecule has 0 spiro atoms. The van der Waals surface area contributed by atoms with Crippen LogP contribution >= 0.6 is 11.6 Å². The van der Waals surface area contributed by atoms with Gasteiger partial charge in [-0.05, 0) is 42.5 Å². The first-order chi connectivity index (χ1) is 8.15. The Bertz CT molecular complexity index is 535. The van der Waals surface area contributed by atoms with Crippen LogP contribution in [0.4, 0.5) is 0 Å². The number of hydrogen-bond donors (Lipinski definition) is 0. The first-order valence-corrected chi connectivity index (χ1v) is 5.28. The van der Waals surface area contributed by atoms with Crippen LogP contribution in [0.1, 0.15) is 10.4 Å². The van der Waals surface area contributed by atoms with Crippen molar-refractivity contribution < 1.29 is 14.6 Å². The van der Waals surface area contributed by atoms with E-state index in [1.807, 2.05) is 0 Å². The normalized spacial score (nSPS) is 9.94. The molecule has 85 valence electrons. The fraction of sp³-hybridized carbons (Fsp3) is 0. The van der Waals surface area contributed by atoms with Gasteiger partial charge in [0, 0.05) is 5.02 Å². The van der Waals surface area contributed by atoms with Gasteiger partial charge in [0.05, 0.1) is 5.56 Å². The molecule has 0 aliphatic rings. The summed E-state index contributed by atoms with van der Waals surface area (Å²) in [5.41, 5.74) is 0.114. The molecule has 0 saturated carbocycles. The minimum Gasteiger partial charge on any atom is -0.457 e. The summed E-state index contributed by atoms with van der Waals surface area (Å²) < 4.78 is 5.50. The van der Waals surface area contributed by atoms with Crippen molar-refractivity contribution in [2.24, 2.45) is 0 Å². The van der Waals surface area contributed by atoms with Crippen LogP contribution < -0.4 is 4.74 Å². The van der Waals surface area contributed by atoms with Crippen LogP contribution in [0.15, 0.2) is 48.5 Å². The lowest BCUT2D eigenvalue weighted by Crippen LogP contribution is -1.93. The molecule has 2 aromatic rings. The van der Waals surface area contributed by atoms with Crippen LogP contribution in [0.5, 0.6) is 11.5 Å². The third-order valence-electron chi connectivity index (χ3n) is 2.12. The van der Waals surface area contributed by atoms with Crippen LogP contribution in [-0.4, -0.2) is 5.97 Å². The molecule has 0 amide bonds. The fourth-order valence-corrected chi connectivity index (χ4v) is 1.51. The zero-order valence-corrected chi connectivity index (χ0v) is 9.48. The van der Waals surface area contributed by atoms with Crippen LogP contribution in [-0.2, 0) is 5.11 Å². The third-order valence-corrected chi connectivity index (χ3v) is 2.36. The second-order valence-electron chi connectivity index (χ2n) is 3.37. The van der Waals surface area contributed by atoms with E-state index < -0.39 is 5.97 Å². The minimum atomic E-state index is -1.21. The molecule has 3 nitrogen and oxygen atoms in total. The Morgan fingerprint density at radius 2 is 1.71 bits per heavy atom. The topological polar surface area (TPSA) is 46.2 Å². The molecular formula is C13H8ClO3. The molecule has 0 aliphatic heterocycles. The van der Waals surface area contributed by atoms with Crippen LogP contribution in [0, 0.1) is 0 Å². The lowest BCUT2D eigenvalue weighted by atomic mass is 10.2. The summed E-state index contributed by atoms with van der Waals surface area (Å²) in [6.45, 7) is 0. The monoisotopic (exact) mass is 247 g/mol. The van der Waals surface area contributed by atoms with Crippen molar-refractivity contribution in [1.82, 2.24) is 0 Å². The maximum absolute atomic E-state index is 10.5. The third kappa shape index (κ3) is 2.98. The van der Waals surface area contributed by atoms with E-state index in [-0.39, 0.29) is 5.56 Å². The van der Waals surface area contributed by atoms with Gasteiger partial charge in [-0.3, -0.25) is 0 Å². The molecule has 0 unspecified atom stereocenters. The minimum absolute atomic E-state index is 0.114. The van der Waals surface area contributed by atoms with Gasteiger partial charge in [0.2, 0.25) is 0 Å². The zero-order valence-electron chi connectivity index (χ0n) is 8.72. The van der Waals surface area contributed by atoms with E-state index in [2.05, 4.69) is 0 Å². The maximum atomic E-state index is 10.5. The Morgan fingerprint density at radius 3 is 2.29 bits per heavy atom. The van der Waals surface area contributed by atoms with Gasteiger partial charge in [0.15, 0.2) is 0 Å². The van der Waals surface area contributed by atoms with Crippen molar-refractivity contribution in [1.29, 1.82) is 0 Å². The summed E-state index contributed by atoms with van der Waals surface area (Å²) in [5.74, 6) is -0.0738. The fourth-order valence-electron chi connectivity index (χ4n) is 1.33. The Morgan fingerprint density at radius 1 is 1.00 bits per heavy atom. The van der Waals surface area contributed by atoms with Crippen molar-refractivity contribution in [3.63, 3.8) is 0 Å². The van der Waals surface area contributed by atoms with Gasteiger partial charge < -0.3 is 4.74 Å². The van der Waals surface area contributed by atoms with E-state index in [4.69, 9.17) is 16.3 Å². The average Bonchev–Trinajstić information content (AvgIpc) is 2.29. The molecule has 0 fully saturated rings. The summed E-state index contributed by atoms with van der Waals surface area (Å²) in [6, 6.07) is 12.9. The Hall–Kier alpha value is -2.00. The van der Waals surface area contributed by atoms with Crippen molar-refractivity contribution >= 4 is 17.6 Å². The number of rotatable bonds is 3. The number of benzene rings is 2. The van der Waals surface area contributed by atoms with Gasteiger partial charge >= 0.3 is 5.97 Å². The van der Waals surface area contributed by atoms with E-state index in [1.54, 1.807) is 36.4 Å². The lowest BCUT2D eigenvalue weighted by molar-refractivity contribution is 0.0573. The van der Waals surface area contributed by atoms with Crippen LogP contribution in [0.3, 0.4) is 0 Å². The van der Waals surface area contributed by atoms with Gasteiger partial charge in [-0.1, -0.05) is 17.7 Å². The summed E-state index contributed by atoms with van der Waals surface area (Å²) >= 11 is 5.81. The Labute approximate surface area is 103 Å². The standard InChI is InChI=1S/C13H8ClO3/c14-10-2-1-3-12(8-10)17-11-6-4-9(5-7-11)13(15)16/h1-8H. The van der Waals surface area contributed by atoms with Gasteiger partial charge in [-0.25, -0.2) is 9.90 Å². The summed E-state index contributed by atoms with van der Waals surface area (Å²) in [6.07, 6.45) is 0. The number of carbonyl (C=O) groups is 1. The molecular weight excluding hydrogens is 240 g/mol. The molecule has 0 N–H and O–H groups in total. The molecule has 0 bridgehead atoms. The van der Waals surface area contributed by atoms with Crippen LogP contribution in [0.25, 0.3) is 0 Å². The molecule has 2 aromatic carbocycles. The van der Waals surface area contributed by atoms with E-state index in [1.165, 1.54) is 12.1 Å². The second kappa shape index (κ2) is 4.89. The van der Waals surface area contributed by atoms with Gasteiger partial charge in [0.25, 0.3) is 0 Å². The number of ether oxygens (including phenoxy) is 1. The summed E-state index contributed by atoms with van der Waals surface area (Å²) in [7, 11) is 0. The van der Waals surface area contributed by atoms with E-state index in [9.17, 15) is 9.90 Å². The lowest BCUT2D eigenvalue weighted by Gasteiger charge is -2.05. The first kappa shape index (κ1) is 11.5. The maximum Gasteiger partial charge on any atom is 0.386 e. The molecule has 17 heavy (non-hydrogen) atoms. The average molecular weight is 248 g/mol. The van der Waals surface area contributed by atoms with Crippen molar-refractivity contribution in [2.45, 2.75) is 0 Å². The SMILES string of the molecule is [O]C(=O)c1ccc(Oc2cccc(Cl)c2)cc1. The molecule has 0 saturated heterocycles. The predicted molar refractivity (Wildman–Crippen MR) is 63.0 cm³/mol. The van der Waals surface area contributed by atoms with E-state index in [0.29, 0.717) is 16.5 Å². The van der Waals surface area contributed by atoms with E-state index >= 15 is 0 Å². The largest absolute Gasteiger partial charge is 0.457 e. The number of halogens is 1. The summed E-state index contributed by atoms with van der Waals surface area (Å²) in [5, 5.41) is 11.1. The molecule has 2 rings (SSSR count). The summed E-state index contributed by atoms with van der Waals surface area (Å²) in [4.78, 5) is 10.5. The highest BCUT2D eigenvalue weighted by atomic mass is 35.5. The van der Waals surface area contributed by atoms with Gasteiger partial charge in [-0.15, -0.1) is 0 Å². The molecule has 4 heteroatoms. The molecule has 1 radical (unpaired) electrons. The highest BCUT2D eigenvalue weighted by Crippen LogP contribution is 2.24. The number of hydrogen-bond acceptors (Lipinski definition) is 2. The van der Waals surface area contributed by atoms with Gasteiger partial charge in [0.1, 0.15) is 11.5 Å². The smallest absolute Gasteiger partial charge is 0.386 e. The first-order valence-electron chi connectivity index (χ1n) is 4.90. The quantitative estimate of drug-likeness (QED) is 0.830. The highest BCUT2D eigenvalue weighted by molar-refractivity contribution is 6.30. The van der Waals surface area contributed by atoms with Gasteiger partial charge in [-0.2, -0.15) is 0 Å². The Kier molecular flexibility index (Phi) is 3.30. The van der Waals surface area contributed by atoms with E-state index in [0.717, 1.165) is 0 Å². The number of carbonyl (C=O) groups excluding carboxylic acids is 1. The van der Waals surface area contributed by atoms with Crippen LogP contribution in [0.2, 0.25) is 5.02 Å². The molecule has 0 heterocycles. The highest BCUT2D eigenvalue weighted by Gasteiger charge is 2.04. The molecule has 0 atom stereocenters. The zero-order chi connectivity index (χ0) is 12.3. The van der Waals surface area contributed by atoms with Crippen molar-refractivity contribution in [3.8, 4) is 11.5 Å². The molecule has 0 aliphatic carbocycles. The van der Waals surface area contributed by atoms with Crippen molar-refractivity contribution in [2.75, 3.05) is 0 Å². The second-order valence-corrected chi connectivity index (χ2v) is 3.81.